The Balaban J connectivity index is 1.34. The first-order valence-corrected chi connectivity index (χ1v) is 9.06. The van der Waals surface area contributed by atoms with Gasteiger partial charge in [0.2, 0.25) is 0 Å². The molecule has 4 heterocycles. The number of carbonyl (C=O) groups is 1. The van der Waals surface area contributed by atoms with E-state index in [-0.39, 0.29) is 5.91 Å². The molecular formula is C18H21N7O. The number of anilines is 1. The Hall–Kier alpha value is -2.90. The van der Waals surface area contributed by atoms with Crippen molar-refractivity contribution in [1.29, 1.82) is 0 Å². The number of nitrogens with zero attached hydrogens (tertiary/aromatic N) is 7. The normalized spacial score (nSPS) is 17.9. The SMILES string of the molecule is Cn1cc(C(=O)N2CCN(c3nccn4nc(C5CC5)cc34)CC2)cn1. The van der Waals surface area contributed by atoms with E-state index in [1.165, 1.54) is 18.5 Å². The summed E-state index contributed by atoms with van der Waals surface area (Å²) in [5.74, 6) is 1.63. The highest BCUT2D eigenvalue weighted by Gasteiger charge is 2.28. The molecule has 3 aromatic rings. The number of hydrogen-bond acceptors (Lipinski definition) is 5. The average molecular weight is 351 g/mol. The smallest absolute Gasteiger partial charge is 0.257 e. The zero-order valence-corrected chi connectivity index (χ0v) is 14.7. The first-order chi connectivity index (χ1) is 12.7. The van der Waals surface area contributed by atoms with Crippen LogP contribution in [0, 0.1) is 0 Å². The van der Waals surface area contributed by atoms with E-state index in [2.05, 4.69) is 21.0 Å². The van der Waals surface area contributed by atoms with E-state index < -0.39 is 0 Å². The number of carbonyl (C=O) groups excluding carboxylic acids is 1. The minimum atomic E-state index is 0.0456. The Bertz CT molecular complexity index is 963. The van der Waals surface area contributed by atoms with Gasteiger partial charge in [0, 0.05) is 57.7 Å². The van der Waals surface area contributed by atoms with Gasteiger partial charge in [-0.2, -0.15) is 10.2 Å². The van der Waals surface area contributed by atoms with E-state index in [1.807, 2.05) is 22.7 Å². The van der Waals surface area contributed by atoms with Gasteiger partial charge in [-0.1, -0.05) is 0 Å². The Morgan fingerprint density at radius 3 is 2.69 bits per heavy atom. The van der Waals surface area contributed by atoms with E-state index in [0.29, 0.717) is 24.6 Å². The Labute approximate surface area is 151 Å². The summed E-state index contributed by atoms with van der Waals surface area (Å²) in [4.78, 5) is 21.3. The average Bonchev–Trinajstić information content (AvgIpc) is 3.28. The van der Waals surface area contributed by atoms with Gasteiger partial charge in [-0.25, -0.2) is 9.50 Å². The number of rotatable bonds is 3. The molecule has 0 aromatic carbocycles. The molecule has 1 amide bonds. The zero-order chi connectivity index (χ0) is 17.7. The van der Waals surface area contributed by atoms with Gasteiger partial charge in [0.1, 0.15) is 5.52 Å². The molecule has 8 nitrogen and oxygen atoms in total. The van der Waals surface area contributed by atoms with Crippen molar-refractivity contribution in [3.8, 4) is 0 Å². The molecule has 2 aliphatic rings. The van der Waals surface area contributed by atoms with E-state index >= 15 is 0 Å². The Kier molecular flexibility index (Phi) is 3.44. The highest BCUT2D eigenvalue weighted by molar-refractivity contribution is 5.94. The summed E-state index contributed by atoms with van der Waals surface area (Å²) in [7, 11) is 1.82. The standard InChI is InChI=1S/C18H21N7O/c1-22-12-14(11-20-22)18(26)24-8-6-23(7-9-24)17-16-10-15(13-2-3-13)21-25(16)5-4-19-17/h4-5,10-13H,2-3,6-9H2,1H3. The molecule has 1 saturated heterocycles. The second-order valence-electron chi connectivity index (χ2n) is 7.11. The van der Waals surface area contributed by atoms with Crippen LogP contribution in [0.2, 0.25) is 0 Å². The summed E-state index contributed by atoms with van der Waals surface area (Å²) >= 11 is 0. The van der Waals surface area contributed by atoms with Crippen LogP contribution < -0.4 is 4.90 Å². The van der Waals surface area contributed by atoms with Crippen LogP contribution in [-0.2, 0) is 7.05 Å². The summed E-state index contributed by atoms with van der Waals surface area (Å²) in [5.41, 5.74) is 2.87. The lowest BCUT2D eigenvalue weighted by molar-refractivity contribution is 0.0746. The predicted octanol–water partition coefficient (Wildman–Crippen LogP) is 1.30. The van der Waals surface area contributed by atoms with Crippen LogP contribution >= 0.6 is 0 Å². The van der Waals surface area contributed by atoms with Crippen molar-refractivity contribution in [2.75, 3.05) is 31.1 Å². The predicted molar refractivity (Wildman–Crippen MR) is 96.3 cm³/mol. The molecule has 26 heavy (non-hydrogen) atoms. The van der Waals surface area contributed by atoms with Gasteiger partial charge >= 0.3 is 0 Å². The molecule has 2 fully saturated rings. The largest absolute Gasteiger partial charge is 0.351 e. The monoisotopic (exact) mass is 351 g/mol. The highest BCUT2D eigenvalue weighted by Crippen LogP contribution is 2.40. The van der Waals surface area contributed by atoms with Crippen molar-refractivity contribution in [3.05, 3.63) is 42.1 Å². The Morgan fingerprint density at radius 2 is 2.00 bits per heavy atom. The second kappa shape index (κ2) is 5.82. The molecule has 8 heteroatoms. The molecule has 1 saturated carbocycles. The topological polar surface area (TPSA) is 71.6 Å². The van der Waals surface area contributed by atoms with Crippen molar-refractivity contribution >= 4 is 17.2 Å². The molecule has 0 N–H and O–H groups in total. The highest BCUT2D eigenvalue weighted by atomic mass is 16.2. The second-order valence-corrected chi connectivity index (χ2v) is 7.11. The van der Waals surface area contributed by atoms with Gasteiger partial charge in [-0.05, 0) is 18.9 Å². The van der Waals surface area contributed by atoms with Crippen LogP contribution in [0.1, 0.15) is 34.8 Å². The van der Waals surface area contributed by atoms with Gasteiger partial charge in [-0.3, -0.25) is 9.48 Å². The molecule has 0 atom stereocenters. The van der Waals surface area contributed by atoms with Crippen LogP contribution in [0.5, 0.6) is 0 Å². The number of amides is 1. The zero-order valence-electron chi connectivity index (χ0n) is 14.7. The van der Waals surface area contributed by atoms with Crippen molar-refractivity contribution in [2.45, 2.75) is 18.8 Å². The van der Waals surface area contributed by atoms with Crippen molar-refractivity contribution in [2.24, 2.45) is 7.05 Å². The molecule has 0 unspecified atom stereocenters. The van der Waals surface area contributed by atoms with Crippen LogP contribution in [0.4, 0.5) is 5.82 Å². The summed E-state index contributed by atoms with van der Waals surface area (Å²) in [6.45, 7) is 2.89. The number of fused-ring (bicyclic) bond motifs is 1. The number of aromatic nitrogens is 5. The maximum absolute atomic E-state index is 12.6. The summed E-state index contributed by atoms with van der Waals surface area (Å²) < 4.78 is 3.59. The van der Waals surface area contributed by atoms with Gasteiger partial charge in [0.15, 0.2) is 5.82 Å². The molecule has 1 aliphatic heterocycles. The maximum Gasteiger partial charge on any atom is 0.257 e. The molecule has 0 bridgehead atoms. The fourth-order valence-corrected chi connectivity index (χ4v) is 3.59. The van der Waals surface area contributed by atoms with Gasteiger partial charge in [0.25, 0.3) is 5.91 Å². The van der Waals surface area contributed by atoms with E-state index in [1.54, 1.807) is 23.3 Å². The maximum atomic E-state index is 12.6. The molecular weight excluding hydrogens is 330 g/mol. The number of piperazine rings is 1. The lowest BCUT2D eigenvalue weighted by atomic mass is 10.2. The summed E-state index contributed by atoms with van der Waals surface area (Å²) in [6.07, 6.45) is 9.58. The molecule has 0 spiro atoms. The lowest BCUT2D eigenvalue weighted by Gasteiger charge is -2.35. The molecule has 1 aliphatic carbocycles. The third kappa shape index (κ3) is 2.61. The van der Waals surface area contributed by atoms with E-state index in [0.717, 1.165) is 24.4 Å². The fraction of sp³-hybridized carbons (Fsp3) is 0.444. The van der Waals surface area contributed by atoms with Crippen LogP contribution in [0.3, 0.4) is 0 Å². The van der Waals surface area contributed by atoms with Gasteiger partial charge in [0.05, 0.1) is 17.5 Å². The first kappa shape index (κ1) is 15.4. The van der Waals surface area contributed by atoms with Crippen molar-refractivity contribution < 1.29 is 4.79 Å². The lowest BCUT2D eigenvalue weighted by Crippen LogP contribution is -2.49. The minimum Gasteiger partial charge on any atom is -0.351 e. The molecule has 3 aromatic heterocycles. The van der Waals surface area contributed by atoms with Crippen molar-refractivity contribution in [3.63, 3.8) is 0 Å². The first-order valence-electron chi connectivity index (χ1n) is 9.06. The number of hydrogen-bond donors (Lipinski definition) is 0. The molecule has 0 radical (unpaired) electrons. The molecule has 134 valence electrons. The van der Waals surface area contributed by atoms with Gasteiger partial charge in [-0.15, -0.1) is 0 Å². The van der Waals surface area contributed by atoms with Crippen LogP contribution in [0.25, 0.3) is 5.52 Å². The fourth-order valence-electron chi connectivity index (χ4n) is 3.59. The minimum absolute atomic E-state index is 0.0456. The van der Waals surface area contributed by atoms with E-state index in [9.17, 15) is 4.79 Å². The Morgan fingerprint density at radius 1 is 1.19 bits per heavy atom. The van der Waals surface area contributed by atoms with Gasteiger partial charge < -0.3 is 9.80 Å². The van der Waals surface area contributed by atoms with E-state index in [4.69, 9.17) is 5.10 Å². The van der Waals surface area contributed by atoms with Crippen LogP contribution in [-0.4, -0.2) is 61.4 Å². The third-order valence-corrected chi connectivity index (χ3v) is 5.20. The molecule has 5 rings (SSSR count). The van der Waals surface area contributed by atoms with Crippen molar-refractivity contribution in [1.82, 2.24) is 29.3 Å². The quantitative estimate of drug-likeness (QED) is 0.711. The number of aryl methyl sites for hydroxylation is 1. The summed E-state index contributed by atoms with van der Waals surface area (Å²) in [6, 6.07) is 2.17. The third-order valence-electron chi connectivity index (χ3n) is 5.20. The summed E-state index contributed by atoms with van der Waals surface area (Å²) in [5, 5.41) is 8.78. The van der Waals surface area contributed by atoms with Crippen LogP contribution in [0.15, 0.2) is 30.9 Å².